The first kappa shape index (κ1) is 14.5. The molecule has 1 N–H and O–H groups in total. The van der Waals surface area contributed by atoms with Gasteiger partial charge in [0.2, 0.25) is 0 Å². The van der Waals surface area contributed by atoms with Crippen LogP contribution in [0.3, 0.4) is 0 Å². The van der Waals surface area contributed by atoms with E-state index in [9.17, 15) is 4.39 Å². The van der Waals surface area contributed by atoms with Gasteiger partial charge in [0.25, 0.3) is 0 Å². The van der Waals surface area contributed by atoms with Crippen molar-refractivity contribution in [2.24, 2.45) is 0 Å². The lowest BCUT2D eigenvalue weighted by atomic mass is 9.81. The Balaban J connectivity index is 2.93. The predicted molar refractivity (Wildman–Crippen MR) is 72.3 cm³/mol. The van der Waals surface area contributed by atoms with Crippen LogP contribution in [-0.4, -0.2) is 13.1 Å². The molecule has 0 spiro atoms. The molecule has 0 heterocycles. The van der Waals surface area contributed by atoms with Crippen molar-refractivity contribution in [3.63, 3.8) is 0 Å². The quantitative estimate of drug-likeness (QED) is 0.785. The van der Waals surface area contributed by atoms with Crippen LogP contribution >= 0.6 is 11.6 Å². The van der Waals surface area contributed by atoms with Crippen molar-refractivity contribution in [1.29, 1.82) is 0 Å². The number of hydrogen-bond donors (Lipinski definition) is 1. The van der Waals surface area contributed by atoms with Gasteiger partial charge in [0.05, 0.1) is 0 Å². The molecule has 0 saturated heterocycles. The highest BCUT2D eigenvalue weighted by Gasteiger charge is 2.23. The molecule has 0 saturated carbocycles. The van der Waals surface area contributed by atoms with Gasteiger partial charge in [0, 0.05) is 5.02 Å². The van der Waals surface area contributed by atoms with Gasteiger partial charge in [-0.25, -0.2) is 4.39 Å². The Morgan fingerprint density at radius 2 is 2.00 bits per heavy atom. The zero-order chi connectivity index (χ0) is 13.1. The van der Waals surface area contributed by atoms with Crippen LogP contribution < -0.4 is 5.32 Å². The van der Waals surface area contributed by atoms with E-state index in [1.807, 2.05) is 6.07 Å². The minimum absolute atomic E-state index is 0.0439. The SMILES string of the molecule is CCNCCC(C)(C)c1cc(C)c(F)cc1Cl. The van der Waals surface area contributed by atoms with Crippen molar-refractivity contribution < 1.29 is 4.39 Å². The van der Waals surface area contributed by atoms with Crippen LogP contribution in [0.15, 0.2) is 12.1 Å². The average Bonchev–Trinajstić information content (AvgIpc) is 2.23. The predicted octanol–water partition coefficient (Wildman–Crippen LogP) is 4.06. The van der Waals surface area contributed by atoms with Crippen molar-refractivity contribution in [3.8, 4) is 0 Å². The zero-order valence-electron chi connectivity index (χ0n) is 11.0. The van der Waals surface area contributed by atoms with E-state index < -0.39 is 0 Å². The Morgan fingerprint density at radius 3 is 2.59 bits per heavy atom. The molecule has 1 rings (SSSR count). The van der Waals surface area contributed by atoms with E-state index in [0.717, 1.165) is 25.1 Å². The summed E-state index contributed by atoms with van der Waals surface area (Å²) in [5, 5.41) is 3.83. The van der Waals surface area contributed by atoms with E-state index in [1.54, 1.807) is 6.92 Å². The highest BCUT2D eigenvalue weighted by Crippen LogP contribution is 2.34. The summed E-state index contributed by atoms with van der Waals surface area (Å²) in [6.07, 6.45) is 0.978. The molecule has 0 bridgehead atoms. The average molecular weight is 258 g/mol. The normalized spacial score (nSPS) is 11.9. The van der Waals surface area contributed by atoms with Crippen LogP contribution in [0.5, 0.6) is 0 Å². The maximum Gasteiger partial charge on any atom is 0.127 e. The van der Waals surface area contributed by atoms with Gasteiger partial charge < -0.3 is 5.32 Å². The maximum absolute atomic E-state index is 13.4. The highest BCUT2D eigenvalue weighted by atomic mass is 35.5. The number of nitrogens with one attached hydrogen (secondary N) is 1. The van der Waals surface area contributed by atoms with Crippen LogP contribution in [0.4, 0.5) is 4.39 Å². The van der Waals surface area contributed by atoms with E-state index in [1.165, 1.54) is 6.07 Å². The van der Waals surface area contributed by atoms with Gasteiger partial charge in [-0.1, -0.05) is 38.4 Å². The number of halogens is 2. The summed E-state index contributed by atoms with van der Waals surface area (Å²) in [5.41, 5.74) is 1.63. The first-order chi connectivity index (χ1) is 7.88. The van der Waals surface area contributed by atoms with Crippen LogP contribution in [0.25, 0.3) is 0 Å². The summed E-state index contributed by atoms with van der Waals surface area (Å²) in [6.45, 7) is 10.0. The summed E-state index contributed by atoms with van der Waals surface area (Å²) in [7, 11) is 0. The Kier molecular flexibility index (Phi) is 4.96. The number of aryl methyl sites for hydroxylation is 1. The standard InChI is InChI=1S/C14H21ClFN/c1-5-17-7-6-14(3,4)11-8-10(2)13(16)9-12(11)15/h8-9,17H,5-7H2,1-4H3. The monoisotopic (exact) mass is 257 g/mol. The topological polar surface area (TPSA) is 12.0 Å². The van der Waals surface area contributed by atoms with Gasteiger partial charge in [0.1, 0.15) is 5.82 Å². The molecule has 0 radical (unpaired) electrons. The van der Waals surface area contributed by atoms with Crippen LogP contribution in [0.2, 0.25) is 5.02 Å². The van der Waals surface area contributed by atoms with Crippen LogP contribution in [0.1, 0.15) is 38.3 Å². The Bertz CT molecular complexity index is 388. The van der Waals surface area contributed by atoms with Gasteiger partial charge >= 0.3 is 0 Å². The number of benzene rings is 1. The molecule has 0 atom stereocenters. The van der Waals surface area contributed by atoms with Gasteiger partial charge in [0.15, 0.2) is 0 Å². The van der Waals surface area contributed by atoms with E-state index in [0.29, 0.717) is 10.6 Å². The third-order valence-electron chi connectivity index (χ3n) is 3.15. The third-order valence-corrected chi connectivity index (χ3v) is 3.47. The van der Waals surface area contributed by atoms with Gasteiger partial charge in [-0.3, -0.25) is 0 Å². The molecule has 3 heteroatoms. The lowest BCUT2D eigenvalue weighted by Gasteiger charge is -2.27. The first-order valence-electron chi connectivity index (χ1n) is 6.05. The Hall–Kier alpha value is -0.600. The van der Waals surface area contributed by atoms with Crippen LogP contribution in [-0.2, 0) is 5.41 Å². The minimum Gasteiger partial charge on any atom is -0.317 e. The fourth-order valence-corrected chi connectivity index (χ4v) is 2.29. The molecule has 96 valence electrons. The van der Waals surface area contributed by atoms with Crippen molar-refractivity contribution in [3.05, 3.63) is 34.1 Å². The lowest BCUT2D eigenvalue weighted by Crippen LogP contribution is -2.25. The second-order valence-corrected chi connectivity index (χ2v) is 5.48. The molecule has 0 aliphatic rings. The van der Waals surface area contributed by atoms with Crippen LogP contribution in [0, 0.1) is 12.7 Å². The van der Waals surface area contributed by atoms with Gasteiger partial charge in [-0.05, 0) is 49.0 Å². The van der Waals surface area contributed by atoms with E-state index in [-0.39, 0.29) is 11.2 Å². The maximum atomic E-state index is 13.4. The summed E-state index contributed by atoms with van der Waals surface area (Å²) >= 11 is 6.14. The smallest absolute Gasteiger partial charge is 0.127 e. The lowest BCUT2D eigenvalue weighted by molar-refractivity contribution is 0.460. The first-order valence-corrected chi connectivity index (χ1v) is 6.43. The minimum atomic E-state index is -0.235. The molecule has 1 nitrogen and oxygen atoms in total. The summed E-state index contributed by atoms with van der Waals surface area (Å²) in [5.74, 6) is -0.235. The molecule has 1 aromatic rings. The third kappa shape index (κ3) is 3.68. The molecule has 0 amide bonds. The molecule has 0 aliphatic carbocycles. The van der Waals surface area contributed by atoms with Crippen molar-refractivity contribution >= 4 is 11.6 Å². The molecule has 0 aliphatic heterocycles. The molecule has 17 heavy (non-hydrogen) atoms. The van der Waals surface area contributed by atoms with E-state index in [4.69, 9.17) is 11.6 Å². The van der Waals surface area contributed by atoms with Crippen molar-refractivity contribution in [2.75, 3.05) is 13.1 Å². The summed E-state index contributed by atoms with van der Waals surface area (Å²) in [4.78, 5) is 0. The second kappa shape index (κ2) is 5.83. The molecular formula is C14H21ClFN. The highest BCUT2D eigenvalue weighted by molar-refractivity contribution is 6.31. The summed E-state index contributed by atoms with van der Waals surface area (Å²) < 4.78 is 13.4. The summed E-state index contributed by atoms with van der Waals surface area (Å²) in [6, 6.07) is 3.28. The fraction of sp³-hybridized carbons (Fsp3) is 0.571. The number of rotatable bonds is 5. The number of hydrogen-bond acceptors (Lipinski definition) is 1. The van der Waals surface area contributed by atoms with E-state index >= 15 is 0 Å². The Labute approximate surface area is 108 Å². The van der Waals surface area contributed by atoms with Crippen molar-refractivity contribution in [1.82, 2.24) is 5.32 Å². The van der Waals surface area contributed by atoms with Gasteiger partial charge in [-0.15, -0.1) is 0 Å². The fourth-order valence-electron chi connectivity index (χ4n) is 1.89. The molecule has 0 unspecified atom stereocenters. The molecular weight excluding hydrogens is 237 g/mol. The largest absolute Gasteiger partial charge is 0.317 e. The zero-order valence-corrected chi connectivity index (χ0v) is 11.8. The molecule has 1 aromatic carbocycles. The van der Waals surface area contributed by atoms with E-state index in [2.05, 4.69) is 26.1 Å². The molecule has 0 aromatic heterocycles. The van der Waals surface area contributed by atoms with Crippen molar-refractivity contribution in [2.45, 2.75) is 39.5 Å². The second-order valence-electron chi connectivity index (χ2n) is 5.07. The Morgan fingerprint density at radius 1 is 1.35 bits per heavy atom. The van der Waals surface area contributed by atoms with Gasteiger partial charge in [-0.2, -0.15) is 0 Å². The molecule has 0 fully saturated rings.